The number of benzene rings is 2. The number of carboxylic acids is 1. The molecular weight excluding hydrogens is 366 g/mol. The number of carbonyl (C=O) groups is 1. The van der Waals surface area contributed by atoms with E-state index in [-0.39, 0.29) is 5.56 Å². The lowest BCUT2D eigenvalue weighted by atomic mass is 10.0. The molecule has 0 atom stereocenters. The van der Waals surface area contributed by atoms with Crippen LogP contribution in [0.3, 0.4) is 0 Å². The summed E-state index contributed by atoms with van der Waals surface area (Å²) in [5, 5.41) is 9.57. The second-order valence-corrected chi connectivity index (χ2v) is 8.18. The Kier molecular flexibility index (Phi) is 4.78. The number of aryl methyl sites for hydroxylation is 1. The molecule has 2 aromatic carbocycles. The van der Waals surface area contributed by atoms with E-state index in [4.69, 9.17) is 4.74 Å². The van der Waals surface area contributed by atoms with Crippen LogP contribution in [0.5, 0.6) is 5.75 Å². The van der Waals surface area contributed by atoms with Crippen molar-refractivity contribution in [3.63, 3.8) is 0 Å². The van der Waals surface area contributed by atoms with Gasteiger partial charge in [0.15, 0.2) is 5.75 Å². The molecule has 0 radical (unpaired) electrons. The van der Waals surface area contributed by atoms with Gasteiger partial charge in [-0.2, -0.15) is 0 Å². The standard InChI is InChI=1S/C23H25N3O3/c1-16-7-9-17(10-8-16)12-26-15-24-11-18(26)13-25-14-23(2,3)29-21-19(22(27)28)5-4-6-20(21)25/h4-11,15H,12-14H2,1-3H3,(H,27,28). The summed E-state index contributed by atoms with van der Waals surface area (Å²) < 4.78 is 8.19. The van der Waals surface area contributed by atoms with E-state index in [1.165, 1.54) is 11.1 Å². The highest BCUT2D eigenvalue weighted by atomic mass is 16.5. The molecule has 0 bridgehead atoms. The second-order valence-electron chi connectivity index (χ2n) is 8.18. The molecule has 2 heterocycles. The van der Waals surface area contributed by atoms with Crippen LogP contribution >= 0.6 is 0 Å². The number of hydrogen-bond donors (Lipinski definition) is 1. The average Bonchev–Trinajstić information content (AvgIpc) is 3.09. The monoisotopic (exact) mass is 391 g/mol. The summed E-state index contributed by atoms with van der Waals surface area (Å²) in [4.78, 5) is 18.2. The quantitative estimate of drug-likeness (QED) is 0.709. The number of ether oxygens (including phenoxy) is 1. The van der Waals surface area contributed by atoms with Gasteiger partial charge in [-0.15, -0.1) is 0 Å². The second kappa shape index (κ2) is 7.28. The Balaban J connectivity index is 1.64. The molecule has 1 aliphatic rings. The Morgan fingerprint density at radius 2 is 1.93 bits per heavy atom. The molecule has 0 saturated carbocycles. The van der Waals surface area contributed by atoms with Gasteiger partial charge in [-0.1, -0.05) is 35.9 Å². The summed E-state index contributed by atoms with van der Waals surface area (Å²) in [6, 6.07) is 13.7. The van der Waals surface area contributed by atoms with Crippen LogP contribution in [0.15, 0.2) is 55.0 Å². The Hall–Kier alpha value is -3.28. The lowest BCUT2D eigenvalue weighted by molar-refractivity contribution is 0.0669. The van der Waals surface area contributed by atoms with E-state index >= 15 is 0 Å². The maximum atomic E-state index is 11.7. The maximum absolute atomic E-state index is 11.7. The van der Waals surface area contributed by atoms with E-state index in [0.717, 1.165) is 17.9 Å². The molecule has 3 aromatic rings. The molecule has 150 valence electrons. The molecule has 4 rings (SSSR count). The van der Waals surface area contributed by atoms with Crippen LogP contribution in [-0.4, -0.2) is 32.8 Å². The molecule has 0 spiro atoms. The van der Waals surface area contributed by atoms with Crippen LogP contribution < -0.4 is 9.64 Å². The molecule has 6 heteroatoms. The van der Waals surface area contributed by atoms with Crippen molar-refractivity contribution in [3.8, 4) is 5.75 Å². The van der Waals surface area contributed by atoms with Gasteiger partial charge in [0.25, 0.3) is 0 Å². The number of anilines is 1. The van der Waals surface area contributed by atoms with E-state index in [9.17, 15) is 9.90 Å². The Bertz CT molecular complexity index is 1040. The first kappa shape index (κ1) is 19.1. The number of aromatic nitrogens is 2. The van der Waals surface area contributed by atoms with Crippen molar-refractivity contribution in [1.82, 2.24) is 9.55 Å². The molecular formula is C23H25N3O3. The Morgan fingerprint density at radius 1 is 1.17 bits per heavy atom. The zero-order chi connectivity index (χ0) is 20.6. The largest absolute Gasteiger partial charge is 0.483 e. The number of fused-ring (bicyclic) bond motifs is 1. The van der Waals surface area contributed by atoms with Crippen LogP contribution in [-0.2, 0) is 13.1 Å². The number of carboxylic acid groups (broad SMARTS) is 1. The van der Waals surface area contributed by atoms with Crippen LogP contribution in [0.25, 0.3) is 0 Å². The van der Waals surface area contributed by atoms with Crippen molar-refractivity contribution in [2.24, 2.45) is 0 Å². The third kappa shape index (κ3) is 3.97. The fourth-order valence-electron chi connectivity index (χ4n) is 3.75. The molecule has 0 aliphatic carbocycles. The SMILES string of the molecule is Cc1ccc(Cn2cncc2CN2CC(C)(C)Oc3c(C(=O)O)cccc32)cc1. The van der Waals surface area contributed by atoms with E-state index in [0.29, 0.717) is 18.8 Å². The highest BCUT2D eigenvalue weighted by Crippen LogP contribution is 2.40. The predicted octanol–water partition coefficient (Wildman–Crippen LogP) is 4.12. The highest BCUT2D eigenvalue weighted by Gasteiger charge is 2.34. The molecule has 6 nitrogen and oxygen atoms in total. The smallest absolute Gasteiger partial charge is 0.339 e. The van der Waals surface area contributed by atoms with Crippen molar-refractivity contribution in [1.29, 1.82) is 0 Å². The van der Waals surface area contributed by atoms with Gasteiger partial charge >= 0.3 is 5.97 Å². The summed E-state index contributed by atoms with van der Waals surface area (Å²) in [5.41, 5.74) is 4.00. The number of imidazole rings is 1. The maximum Gasteiger partial charge on any atom is 0.339 e. The fraction of sp³-hybridized carbons (Fsp3) is 0.304. The summed E-state index contributed by atoms with van der Waals surface area (Å²) >= 11 is 0. The topological polar surface area (TPSA) is 67.6 Å². The van der Waals surface area contributed by atoms with E-state index < -0.39 is 11.6 Å². The van der Waals surface area contributed by atoms with Crippen LogP contribution in [0.1, 0.15) is 41.0 Å². The van der Waals surface area contributed by atoms with Gasteiger partial charge in [-0.25, -0.2) is 9.78 Å². The van der Waals surface area contributed by atoms with E-state index in [2.05, 4.69) is 45.6 Å². The molecule has 0 saturated heterocycles. The molecule has 1 aliphatic heterocycles. The molecule has 0 unspecified atom stereocenters. The number of aromatic carboxylic acids is 1. The third-order valence-corrected chi connectivity index (χ3v) is 5.14. The van der Waals surface area contributed by atoms with Gasteiger partial charge in [-0.05, 0) is 38.5 Å². The Morgan fingerprint density at radius 3 is 2.66 bits per heavy atom. The molecule has 0 amide bonds. The van der Waals surface area contributed by atoms with E-state index in [1.807, 2.05) is 32.4 Å². The predicted molar refractivity (Wildman–Crippen MR) is 112 cm³/mol. The van der Waals surface area contributed by atoms with Gasteiger partial charge < -0.3 is 19.3 Å². The average molecular weight is 391 g/mol. The van der Waals surface area contributed by atoms with E-state index in [1.54, 1.807) is 12.1 Å². The Labute approximate surface area is 170 Å². The first-order valence-electron chi connectivity index (χ1n) is 9.67. The number of nitrogens with zero attached hydrogens (tertiary/aromatic N) is 3. The molecule has 29 heavy (non-hydrogen) atoms. The van der Waals surface area contributed by atoms with Crippen LogP contribution in [0, 0.1) is 6.92 Å². The summed E-state index contributed by atoms with van der Waals surface area (Å²) in [5.74, 6) is -0.551. The van der Waals surface area contributed by atoms with Gasteiger partial charge in [0.2, 0.25) is 0 Å². The number of hydrogen-bond acceptors (Lipinski definition) is 4. The van der Waals surface area contributed by atoms with Crippen LogP contribution in [0.2, 0.25) is 0 Å². The highest BCUT2D eigenvalue weighted by molar-refractivity contribution is 5.93. The zero-order valence-corrected chi connectivity index (χ0v) is 16.9. The van der Waals surface area contributed by atoms with Crippen molar-refractivity contribution < 1.29 is 14.6 Å². The minimum absolute atomic E-state index is 0.188. The minimum Gasteiger partial charge on any atom is -0.483 e. The molecule has 1 aromatic heterocycles. The summed E-state index contributed by atoms with van der Waals surface area (Å²) in [6.45, 7) is 8.05. The first-order chi connectivity index (χ1) is 13.8. The van der Waals surface area contributed by atoms with Crippen LogP contribution in [0.4, 0.5) is 5.69 Å². The lowest BCUT2D eigenvalue weighted by Crippen LogP contribution is -2.47. The van der Waals surface area contributed by atoms with Crippen molar-refractivity contribution in [2.75, 3.05) is 11.4 Å². The van der Waals surface area contributed by atoms with Gasteiger partial charge in [0.05, 0.1) is 30.8 Å². The fourth-order valence-corrected chi connectivity index (χ4v) is 3.75. The third-order valence-electron chi connectivity index (χ3n) is 5.14. The minimum atomic E-state index is -0.982. The van der Waals surface area contributed by atoms with Gasteiger partial charge in [0, 0.05) is 12.7 Å². The number of para-hydroxylation sites is 1. The van der Waals surface area contributed by atoms with Crippen molar-refractivity contribution in [2.45, 2.75) is 39.5 Å². The zero-order valence-electron chi connectivity index (χ0n) is 16.9. The first-order valence-corrected chi connectivity index (χ1v) is 9.67. The van der Waals surface area contributed by atoms with Crippen molar-refractivity contribution >= 4 is 11.7 Å². The lowest BCUT2D eigenvalue weighted by Gasteiger charge is -2.41. The van der Waals surface area contributed by atoms with Gasteiger partial charge in [0.1, 0.15) is 11.2 Å². The molecule has 0 fully saturated rings. The number of rotatable bonds is 5. The summed E-state index contributed by atoms with van der Waals surface area (Å²) in [7, 11) is 0. The van der Waals surface area contributed by atoms with Crippen molar-refractivity contribution in [3.05, 3.63) is 77.4 Å². The normalized spacial score (nSPS) is 14.9. The summed E-state index contributed by atoms with van der Waals surface area (Å²) in [6.07, 6.45) is 3.72. The van der Waals surface area contributed by atoms with Gasteiger partial charge in [-0.3, -0.25) is 0 Å². The molecule has 1 N–H and O–H groups in total.